The van der Waals surface area contributed by atoms with Crippen molar-refractivity contribution in [3.8, 4) is 5.75 Å². The molecule has 1 unspecified atom stereocenters. The highest BCUT2D eigenvalue weighted by Crippen LogP contribution is 2.18. The summed E-state index contributed by atoms with van der Waals surface area (Å²) in [5.74, 6) is 0.777. The van der Waals surface area contributed by atoms with Crippen molar-refractivity contribution in [2.24, 2.45) is 0 Å². The number of amides is 2. The smallest absolute Gasteiger partial charge is 0.315 e. The Morgan fingerprint density at radius 2 is 1.79 bits per heavy atom. The molecule has 0 heterocycles. The highest BCUT2D eigenvalue weighted by Gasteiger charge is 2.09. The van der Waals surface area contributed by atoms with E-state index in [-0.39, 0.29) is 12.6 Å². The zero-order chi connectivity index (χ0) is 17.4. The molecule has 2 aromatic rings. The third kappa shape index (κ3) is 5.47. The molecule has 0 aliphatic rings. The van der Waals surface area contributed by atoms with E-state index in [1.807, 2.05) is 54.8 Å². The van der Waals surface area contributed by atoms with Gasteiger partial charge in [-0.25, -0.2) is 4.79 Å². The molecule has 0 saturated carbocycles. The molecule has 0 aliphatic heterocycles. The maximum atomic E-state index is 11.8. The monoisotopic (exact) mass is 346 g/mol. The number of rotatable bonds is 7. The summed E-state index contributed by atoms with van der Waals surface area (Å²) in [5.41, 5.74) is 1.75. The third-order valence-electron chi connectivity index (χ3n) is 3.57. The van der Waals surface area contributed by atoms with Gasteiger partial charge in [-0.3, -0.25) is 0 Å². The summed E-state index contributed by atoms with van der Waals surface area (Å²) in [7, 11) is 1.61. The van der Waals surface area contributed by atoms with E-state index in [0.29, 0.717) is 6.54 Å². The van der Waals surface area contributed by atoms with Crippen LogP contribution in [0.3, 0.4) is 0 Å². The molecule has 2 amide bonds. The van der Waals surface area contributed by atoms with E-state index in [4.69, 9.17) is 4.74 Å². The van der Waals surface area contributed by atoms with Crippen molar-refractivity contribution in [1.82, 2.24) is 10.6 Å². The highest BCUT2D eigenvalue weighted by molar-refractivity contribution is 7.98. The van der Waals surface area contributed by atoms with E-state index in [1.165, 1.54) is 0 Å². The SMILES string of the molecule is COc1ccc(CNC(=O)NCC(O)c2ccc(SC)cc2)cc1. The fourth-order valence-corrected chi connectivity index (χ4v) is 2.53. The number of hydrogen-bond acceptors (Lipinski definition) is 4. The van der Waals surface area contributed by atoms with Crippen LogP contribution in [0.25, 0.3) is 0 Å². The topological polar surface area (TPSA) is 70.6 Å². The normalized spacial score (nSPS) is 11.6. The molecule has 5 nitrogen and oxygen atoms in total. The van der Waals surface area contributed by atoms with Gasteiger partial charge in [0.15, 0.2) is 0 Å². The molecule has 24 heavy (non-hydrogen) atoms. The Morgan fingerprint density at radius 3 is 2.38 bits per heavy atom. The number of aliphatic hydroxyl groups excluding tert-OH is 1. The summed E-state index contributed by atoms with van der Waals surface area (Å²) in [4.78, 5) is 12.9. The average Bonchev–Trinajstić information content (AvgIpc) is 2.64. The zero-order valence-electron chi connectivity index (χ0n) is 13.8. The standard InChI is InChI=1S/C18H22N2O3S/c1-23-15-7-3-13(4-8-15)11-19-18(22)20-12-17(21)14-5-9-16(24-2)10-6-14/h3-10,17,21H,11-12H2,1-2H3,(H2,19,20,22). The van der Waals surface area contributed by atoms with Gasteiger partial charge in [0, 0.05) is 18.0 Å². The zero-order valence-corrected chi connectivity index (χ0v) is 14.6. The molecule has 0 aliphatic carbocycles. The summed E-state index contributed by atoms with van der Waals surface area (Å²) in [6, 6.07) is 14.8. The van der Waals surface area contributed by atoms with Crippen molar-refractivity contribution >= 4 is 17.8 Å². The molecule has 0 aromatic heterocycles. The van der Waals surface area contributed by atoms with Gasteiger partial charge in [0.25, 0.3) is 0 Å². The lowest BCUT2D eigenvalue weighted by atomic mass is 10.1. The number of methoxy groups -OCH3 is 1. The Hall–Kier alpha value is -2.18. The number of carbonyl (C=O) groups excluding carboxylic acids is 1. The lowest BCUT2D eigenvalue weighted by molar-refractivity contribution is 0.173. The molecule has 1 atom stereocenters. The average molecular weight is 346 g/mol. The van der Waals surface area contributed by atoms with Crippen LogP contribution in [-0.4, -0.2) is 31.0 Å². The molecule has 0 fully saturated rings. The van der Waals surface area contributed by atoms with Crippen molar-refractivity contribution in [2.75, 3.05) is 19.9 Å². The van der Waals surface area contributed by atoms with Crippen molar-refractivity contribution in [3.63, 3.8) is 0 Å². The van der Waals surface area contributed by atoms with Gasteiger partial charge < -0.3 is 20.5 Å². The fourth-order valence-electron chi connectivity index (χ4n) is 2.12. The van der Waals surface area contributed by atoms with Gasteiger partial charge in [0.1, 0.15) is 5.75 Å². The second kappa shape index (κ2) is 9.20. The maximum Gasteiger partial charge on any atom is 0.315 e. The van der Waals surface area contributed by atoms with Crippen molar-refractivity contribution < 1.29 is 14.6 Å². The minimum atomic E-state index is -0.729. The summed E-state index contributed by atoms with van der Waals surface area (Å²) in [6.45, 7) is 0.571. The Bertz CT molecular complexity index is 644. The second-order valence-electron chi connectivity index (χ2n) is 5.20. The quantitative estimate of drug-likeness (QED) is 0.674. The van der Waals surface area contributed by atoms with Gasteiger partial charge in [-0.2, -0.15) is 0 Å². The Labute approximate surface area is 146 Å². The van der Waals surface area contributed by atoms with Crippen molar-refractivity contribution in [1.29, 1.82) is 0 Å². The van der Waals surface area contributed by atoms with Crippen LogP contribution in [0.5, 0.6) is 5.75 Å². The van der Waals surface area contributed by atoms with Gasteiger partial charge in [0.2, 0.25) is 0 Å². The number of thioether (sulfide) groups is 1. The number of ether oxygens (including phenoxy) is 1. The van der Waals surface area contributed by atoms with E-state index in [1.54, 1.807) is 18.9 Å². The molecule has 0 bridgehead atoms. The van der Waals surface area contributed by atoms with Crippen LogP contribution in [0.1, 0.15) is 17.2 Å². The predicted molar refractivity (Wildman–Crippen MR) is 96.4 cm³/mol. The van der Waals surface area contributed by atoms with E-state index in [0.717, 1.165) is 21.8 Å². The second-order valence-corrected chi connectivity index (χ2v) is 6.08. The first-order valence-corrected chi connectivity index (χ1v) is 8.81. The van der Waals surface area contributed by atoms with Crippen LogP contribution in [-0.2, 0) is 6.54 Å². The van der Waals surface area contributed by atoms with E-state index < -0.39 is 6.10 Å². The van der Waals surface area contributed by atoms with Crippen LogP contribution in [0, 0.1) is 0 Å². The van der Waals surface area contributed by atoms with Crippen LogP contribution < -0.4 is 15.4 Å². The van der Waals surface area contributed by atoms with Crippen molar-refractivity contribution in [2.45, 2.75) is 17.5 Å². The molecule has 0 saturated heterocycles. The number of benzene rings is 2. The minimum Gasteiger partial charge on any atom is -0.497 e. The van der Waals surface area contributed by atoms with Gasteiger partial charge in [0.05, 0.1) is 13.2 Å². The van der Waals surface area contributed by atoms with Crippen LogP contribution in [0.4, 0.5) is 4.79 Å². The molecule has 2 rings (SSSR count). The van der Waals surface area contributed by atoms with E-state index in [2.05, 4.69) is 10.6 Å². The fraction of sp³-hybridized carbons (Fsp3) is 0.278. The molecular weight excluding hydrogens is 324 g/mol. The van der Waals surface area contributed by atoms with Gasteiger partial charge in [-0.05, 0) is 41.6 Å². The minimum absolute atomic E-state index is 0.160. The Morgan fingerprint density at radius 1 is 1.12 bits per heavy atom. The third-order valence-corrected chi connectivity index (χ3v) is 4.31. The molecule has 128 valence electrons. The number of nitrogens with one attached hydrogen (secondary N) is 2. The summed E-state index contributed by atoms with van der Waals surface area (Å²) in [6.07, 6.45) is 1.27. The van der Waals surface area contributed by atoms with Crippen LogP contribution in [0.2, 0.25) is 0 Å². The lowest BCUT2D eigenvalue weighted by Gasteiger charge is -2.13. The van der Waals surface area contributed by atoms with E-state index in [9.17, 15) is 9.90 Å². The molecule has 2 aromatic carbocycles. The van der Waals surface area contributed by atoms with E-state index >= 15 is 0 Å². The maximum absolute atomic E-state index is 11.8. The Kier molecular flexibility index (Phi) is 6.96. The molecular formula is C18H22N2O3S. The molecule has 6 heteroatoms. The summed E-state index contributed by atoms with van der Waals surface area (Å²) in [5, 5.41) is 15.5. The number of hydrogen-bond donors (Lipinski definition) is 3. The molecule has 0 spiro atoms. The first kappa shape index (κ1) is 18.2. The van der Waals surface area contributed by atoms with Crippen LogP contribution >= 0.6 is 11.8 Å². The Balaban J connectivity index is 1.75. The molecule has 0 radical (unpaired) electrons. The number of urea groups is 1. The van der Waals surface area contributed by atoms with Crippen molar-refractivity contribution in [3.05, 3.63) is 59.7 Å². The highest BCUT2D eigenvalue weighted by atomic mass is 32.2. The summed E-state index contributed by atoms with van der Waals surface area (Å²) >= 11 is 1.64. The lowest BCUT2D eigenvalue weighted by Crippen LogP contribution is -2.37. The van der Waals surface area contributed by atoms with Gasteiger partial charge in [-0.1, -0.05) is 24.3 Å². The number of aliphatic hydroxyl groups is 1. The largest absolute Gasteiger partial charge is 0.497 e. The first-order valence-electron chi connectivity index (χ1n) is 7.59. The predicted octanol–water partition coefficient (Wildman–Crippen LogP) is 2.95. The van der Waals surface area contributed by atoms with Gasteiger partial charge in [-0.15, -0.1) is 11.8 Å². The first-order chi connectivity index (χ1) is 11.6. The number of carbonyl (C=O) groups is 1. The van der Waals surface area contributed by atoms with Gasteiger partial charge >= 0.3 is 6.03 Å². The molecule has 3 N–H and O–H groups in total. The van der Waals surface area contributed by atoms with Crippen LogP contribution in [0.15, 0.2) is 53.4 Å². The summed E-state index contributed by atoms with van der Waals surface area (Å²) < 4.78 is 5.09.